The minimum absolute atomic E-state index is 0. The van der Waals surface area contributed by atoms with Crippen LogP contribution in [0.15, 0.2) is 148 Å². The van der Waals surface area contributed by atoms with Gasteiger partial charge in [0.05, 0.1) is 22.4 Å². The molecule has 343 valence electrons. The van der Waals surface area contributed by atoms with E-state index in [1.54, 1.807) is 0 Å². The van der Waals surface area contributed by atoms with Gasteiger partial charge < -0.3 is 18.4 Å². The standard InChI is InChI=1S/C45H39N4O2.C15H16N.Ir/c1-25(2)32-23-29(27-14-9-8-10-15-27)24-33(26(3)4)39(32)49-37-19-12-11-18-35(37)46-42(49)31-17-13-16-30-34-22-28-20-21-36-41(51-44(47-36)45(5,6)7)38(28)48-43(34)50-40(30)31;1-15(2,3)13-9-10-16-14(11-13)12-7-5-4-6-8-12;/h8-16,18-26H,1-7H3;4-7,9-11H,1-3H3;/q2*-1;. The summed E-state index contributed by atoms with van der Waals surface area (Å²) in [7, 11) is 0. The third-order valence-corrected chi connectivity index (χ3v) is 12.5. The van der Waals surface area contributed by atoms with E-state index >= 15 is 0 Å². The molecule has 6 aromatic carbocycles. The van der Waals surface area contributed by atoms with Crippen LogP contribution in [0.25, 0.3) is 94.6 Å². The summed E-state index contributed by atoms with van der Waals surface area (Å²) in [4.78, 5) is 19.5. The maximum Gasteiger partial charge on any atom is 0.216 e. The van der Waals surface area contributed by atoms with Crippen molar-refractivity contribution in [2.45, 2.75) is 91.9 Å². The van der Waals surface area contributed by atoms with E-state index in [0.717, 1.165) is 66.6 Å². The minimum Gasteiger partial charge on any atom is -0.486 e. The van der Waals surface area contributed by atoms with E-state index < -0.39 is 0 Å². The molecular formula is C60H55IrN5O2-2. The van der Waals surface area contributed by atoms with Gasteiger partial charge in [0, 0.05) is 48.2 Å². The van der Waals surface area contributed by atoms with Gasteiger partial charge in [0.25, 0.3) is 0 Å². The zero-order valence-electron chi connectivity index (χ0n) is 40.3. The molecule has 0 unspecified atom stereocenters. The molecule has 0 aliphatic rings. The predicted octanol–water partition coefficient (Wildman–Crippen LogP) is 16.1. The van der Waals surface area contributed by atoms with Crippen LogP contribution < -0.4 is 0 Å². The van der Waals surface area contributed by atoms with Crippen molar-refractivity contribution in [1.29, 1.82) is 0 Å². The molecule has 5 heterocycles. The number of imidazole rings is 1. The van der Waals surface area contributed by atoms with Gasteiger partial charge in [0.1, 0.15) is 11.0 Å². The molecule has 8 heteroatoms. The number of para-hydroxylation sites is 2. The van der Waals surface area contributed by atoms with E-state index in [1.165, 1.54) is 27.8 Å². The number of hydrogen-bond donors (Lipinski definition) is 0. The van der Waals surface area contributed by atoms with E-state index in [2.05, 4.69) is 182 Å². The SMILES string of the molecule is CC(C)(C)c1ccnc(-c2[c-]cccc2)c1.CC(C)c1cc(-c2ccccc2)cc(C(C)C)c1-n1c(-c2[c-]ccc3c2oc2nc4c(ccc5nc(C(C)(C)C)oc54)cc23)nc2ccccc21.[Ir]. The number of benzene rings is 6. The first-order chi connectivity index (χ1) is 32.1. The second-order valence-corrected chi connectivity index (χ2v) is 20.2. The van der Waals surface area contributed by atoms with Crippen molar-refractivity contribution in [3.8, 4) is 39.5 Å². The second-order valence-electron chi connectivity index (χ2n) is 20.2. The second kappa shape index (κ2) is 18.1. The third-order valence-electron chi connectivity index (χ3n) is 12.5. The Morgan fingerprint density at radius 1 is 0.588 bits per heavy atom. The number of pyridine rings is 2. The summed E-state index contributed by atoms with van der Waals surface area (Å²) in [5, 5.41) is 2.87. The Morgan fingerprint density at radius 3 is 2.00 bits per heavy atom. The summed E-state index contributed by atoms with van der Waals surface area (Å²) in [5.41, 5.74) is 15.6. The number of aromatic nitrogens is 5. The van der Waals surface area contributed by atoms with Crippen molar-refractivity contribution < 1.29 is 28.9 Å². The van der Waals surface area contributed by atoms with Crippen molar-refractivity contribution in [1.82, 2.24) is 24.5 Å². The van der Waals surface area contributed by atoms with Crippen LogP contribution >= 0.6 is 0 Å². The summed E-state index contributed by atoms with van der Waals surface area (Å²) >= 11 is 0. The Hall–Kier alpha value is -6.73. The Labute approximate surface area is 412 Å². The summed E-state index contributed by atoms with van der Waals surface area (Å²) in [6, 6.07) is 52.9. The van der Waals surface area contributed by atoms with Crippen LogP contribution in [0.5, 0.6) is 0 Å². The molecule has 1 radical (unpaired) electrons. The summed E-state index contributed by atoms with van der Waals surface area (Å²) in [6.07, 6.45) is 1.87. The van der Waals surface area contributed by atoms with E-state index in [9.17, 15) is 0 Å². The summed E-state index contributed by atoms with van der Waals surface area (Å²) < 4.78 is 15.4. The molecule has 0 saturated heterocycles. The molecule has 5 aromatic heterocycles. The van der Waals surface area contributed by atoms with Crippen LogP contribution in [0.1, 0.15) is 104 Å². The van der Waals surface area contributed by atoms with Crippen LogP contribution in [0, 0.1) is 12.1 Å². The number of furan rings is 1. The molecular weight excluding hydrogens is 1010 g/mol. The molecule has 0 aliphatic heterocycles. The average molecular weight is 1070 g/mol. The van der Waals surface area contributed by atoms with Crippen molar-refractivity contribution in [3.05, 3.63) is 174 Å². The van der Waals surface area contributed by atoms with E-state index in [1.807, 2.05) is 48.7 Å². The molecule has 0 fully saturated rings. The van der Waals surface area contributed by atoms with Crippen LogP contribution in [0.4, 0.5) is 0 Å². The Kier molecular flexibility index (Phi) is 12.3. The van der Waals surface area contributed by atoms with Crippen LogP contribution in [0.3, 0.4) is 0 Å². The Bertz CT molecular complexity index is 3580. The molecule has 0 N–H and O–H groups in total. The van der Waals surface area contributed by atoms with Crippen LogP contribution in [0.2, 0.25) is 0 Å². The fourth-order valence-electron chi connectivity index (χ4n) is 8.89. The molecule has 11 aromatic rings. The van der Waals surface area contributed by atoms with E-state index in [4.69, 9.17) is 23.8 Å². The number of fused-ring (bicyclic) bond motifs is 7. The monoisotopic (exact) mass is 1070 g/mol. The zero-order valence-corrected chi connectivity index (χ0v) is 42.7. The average Bonchev–Trinajstić information content (AvgIpc) is 4.05. The van der Waals surface area contributed by atoms with Crippen molar-refractivity contribution >= 4 is 55.1 Å². The van der Waals surface area contributed by atoms with Gasteiger partial charge in [-0.05, 0) is 93.2 Å². The smallest absolute Gasteiger partial charge is 0.216 e. The fourth-order valence-corrected chi connectivity index (χ4v) is 8.89. The van der Waals surface area contributed by atoms with Crippen molar-refractivity contribution in [2.75, 3.05) is 0 Å². The van der Waals surface area contributed by atoms with Gasteiger partial charge in [-0.1, -0.05) is 135 Å². The van der Waals surface area contributed by atoms with Gasteiger partial charge in [0.2, 0.25) is 11.6 Å². The van der Waals surface area contributed by atoms with Gasteiger partial charge in [0.15, 0.2) is 5.58 Å². The first kappa shape index (κ1) is 46.4. The molecule has 0 bridgehead atoms. The fraction of sp³-hybridized carbons (Fsp3) is 0.233. The number of nitrogens with zero attached hydrogens (tertiary/aromatic N) is 5. The molecule has 0 spiro atoms. The van der Waals surface area contributed by atoms with Crippen LogP contribution in [-0.2, 0) is 30.9 Å². The Balaban J connectivity index is 0.000000289. The minimum atomic E-state index is -0.224. The molecule has 68 heavy (non-hydrogen) atoms. The molecule has 0 amide bonds. The van der Waals surface area contributed by atoms with Crippen molar-refractivity contribution in [3.63, 3.8) is 0 Å². The quantitative estimate of drug-likeness (QED) is 0.154. The zero-order chi connectivity index (χ0) is 46.8. The first-order valence-electron chi connectivity index (χ1n) is 23.3. The Morgan fingerprint density at radius 2 is 1.31 bits per heavy atom. The van der Waals surface area contributed by atoms with Gasteiger partial charge in [-0.2, -0.15) is 0 Å². The maximum atomic E-state index is 6.73. The largest absolute Gasteiger partial charge is 0.486 e. The number of hydrogen-bond acceptors (Lipinski definition) is 6. The molecule has 11 rings (SSSR count). The molecule has 0 atom stereocenters. The van der Waals surface area contributed by atoms with E-state index in [-0.39, 0.29) is 42.8 Å². The maximum absolute atomic E-state index is 6.73. The van der Waals surface area contributed by atoms with Crippen molar-refractivity contribution in [2.24, 2.45) is 0 Å². The summed E-state index contributed by atoms with van der Waals surface area (Å²) in [6.45, 7) is 22.0. The number of rotatable bonds is 6. The predicted molar refractivity (Wildman–Crippen MR) is 275 cm³/mol. The van der Waals surface area contributed by atoms with E-state index in [0.29, 0.717) is 22.8 Å². The summed E-state index contributed by atoms with van der Waals surface area (Å²) in [5.74, 6) is 1.98. The third kappa shape index (κ3) is 8.57. The normalized spacial score (nSPS) is 12.1. The molecule has 0 aliphatic carbocycles. The molecule has 7 nitrogen and oxygen atoms in total. The first-order valence-corrected chi connectivity index (χ1v) is 23.3. The van der Waals surface area contributed by atoms with Gasteiger partial charge >= 0.3 is 0 Å². The number of oxazole rings is 1. The molecule has 0 saturated carbocycles. The van der Waals surface area contributed by atoms with Gasteiger partial charge in [-0.25, -0.2) is 9.97 Å². The van der Waals surface area contributed by atoms with Gasteiger partial charge in [-0.3, -0.25) is 4.98 Å². The topological polar surface area (TPSA) is 82.8 Å². The van der Waals surface area contributed by atoms with Gasteiger partial charge in [-0.15, -0.1) is 54.1 Å². The van der Waals surface area contributed by atoms with Crippen LogP contribution in [-0.4, -0.2) is 24.5 Å².